The Morgan fingerprint density at radius 1 is 1.14 bits per heavy atom. The zero-order valence-electron chi connectivity index (χ0n) is 21.3. The van der Waals surface area contributed by atoms with E-state index in [0.29, 0.717) is 48.6 Å². The van der Waals surface area contributed by atoms with Crippen molar-refractivity contribution in [3.05, 3.63) is 68.3 Å². The topological polar surface area (TPSA) is 95.1 Å². The molecule has 1 fully saturated rings. The maximum absolute atomic E-state index is 14.1. The van der Waals surface area contributed by atoms with E-state index in [2.05, 4.69) is 22.6 Å². The van der Waals surface area contributed by atoms with Crippen LogP contribution in [0.4, 0.5) is 5.69 Å². The molecule has 37 heavy (non-hydrogen) atoms. The summed E-state index contributed by atoms with van der Waals surface area (Å²) in [5, 5.41) is 11.1. The molecule has 10 heteroatoms. The van der Waals surface area contributed by atoms with E-state index < -0.39 is 5.56 Å². The molecule has 4 heterocycles. The van der Waals surface area contributed by atoms with E-state index in [1.54, 1.807) is 17.2 Å². The van der Waals surface area contributed by atoms with E-state index >= 15 is 0 Å². The van der Waals surface area contributed by atoms with E-state index in [1.807, 2.05) is 38.7 Å². The van der Waals surface area contributed by atoms with Gasteiger partial charge in [-0.25, -0.2) is 4.98 Å². The number of nitriles is 1. The van der Waals surface area contributed by atoms with Crippen molar-refractivity contribution >= 4 is 45.8 Å². The highest BCUT2D eigenvalue weighted by Crippen LogP contribution is 2.37. The quantitative estimate of drug-likeness (QED) is 0.333. The van der Waals surface area contributed by atoms with Crippen LogP contribution in [0.2, 0.25) is 10.2 Å². The van der Waals surface area contributed by atoms with Crippen molar-refractivity contribution in [3.63, 3.8) is 0 Å². The minimum atomic E-state index is -0.503. The lowest BCUT2D eigenvalue weighted by molar-refractivity contribution is -0.126. The van der Waals surface area contributed by atoms with Crippen molar-refractivity contribution in [2.45, 2.75) is 39.5 Å². The van der Waals surface area contributed by atoms with Crippen molar-refractivity contribution in [1.29, 1.82) is 5.26 Å². The number of hydrogen-bond acceptors (Lipinski definition) is 6. The fourth-order valence-electron chi connectivity index (χ4n) is 4.78. The number of nitrogens with zero attached hydrogens (tertiary/aromatic N) is 6. The van der Waals surface area contributed by atoms with E-state index in [0.717, 1.165) is 11.3 Å². The smallest absolute Gasteiger partial charge is 0.276 e. The molecule has 1 aliphatic heterocycles. The van der Waals surface area contributed by atoms with Crippen molar-refractivity contribution in [3.8, 4) is 11.8 Å². The Bertz CT molecular complexity index is 1470. The number of rotatable bonds is 5. The highest BCUT2D eigenvalue weighted by molar-refractivity contribution is 6.41. The predicted molar refractivity (Wildman–Crippen MR) is 147 cm³/mol. The number of carbonyl (C=O) groups excluding carboxylic acids is 1. The third kappa shape index (κ3) is 4.70. The van der Waals surface area contributed by atoms with Gasteiger partial charge in [0.25, 0.3) is 5.56 Å². The van der Waals surface area contributed by atoms with Crippen LogP contribution in [0.3, 0.4) is 0 Å². The Balaban J connectivity index is 2.08. The van der Waals surface area contributed by atoms with E-state index in [1.165, 1.54) is 10.6 Å². The molecule has 0 aromatic carbocycles. The Kier molecular flexibility index (Phi) is 7.58. The van der Waals surface area contributed by atoms with Crippen LogP contribution in [0.1, 0.15) is 56.4 Å². The van der Waals surface area contributed by atoms with Crippen LogP contribution in [-0.4, -0.2) is 51.5 Å². The van der Waals surface area contributed by atoms with Crippen molar-refractivity contribution < 1.29 is 4.79 Å². The molecule has 0 saturated carbocycles. The Labute approximate surface area is 225 Å². The number of amides is 1. The number of anilines is 1. The van der Waals surface area contributed by atoms with Crippen LogP contribution in [-0.2, 0) is 4.79 Å². The van der Waals surface area contributed by atoms with Gasteiger partial charge >= 0.3 is 0 Å². The average molecular weight is 539 g/mol. The first-order chi connectivity index (χ1) is 17.6. The minimum Gasteiger partial charge on any atom is -0.366 e. The van der Waals surface area contributed by atoms with Crippen molar-refractivity contribution in [1.82, 2.24) is 19.4 Å². The second kappa shape index (κ2) is 10.5. The van der Waals surface area contributed by atoms with Crippen molar-refractivity contribution in [2.24, 2.45) is 0 Å². The highest BCUT2D eigenvalue weighted by Gasteiger charge is 2.29. The third-order valence-electron chi connectivity index (χ3n) is 6.60. The van der Waals surface area contributed by atoms with Gasteiger partial charge in [-0.3, -0.25) is 19.1 Å². The number of piperazine rings is 1. The molecule has 0 bridgehead atoms. The van der Waals surface area contributed by atoms with Crippen LogP contribution in [0.5, 0.6) is 0 Å². The first-order valence-corrected chi connectivity index (χ1v) is 12.9. The maximum Gasteiger partial charge on any atom is 0.276 e. The lowest BCUT2D eigenvalue weighted by Gasteiger charge is -2.36. The van der Waals surface area contributed by atoms with Gasteiger partial charge in [0.2, 0.25) is 5.91 Å². The molecule has 3 aromatic heterocycles. The van der Waals surface area contributed by atoms with Crippen molar-refractivity contribution in [2.75, 3.05) is 31.1 Å². The molecule has 1 aliphatic rings. The van der Waals surface area contributed by atoms with Gasteiger partial charge in [0.15, 0.2) is 5.65 Å². The predicted octanol–water partition coefficient (Wildman–Crippen LogP) is 5.04. The third-order valence-corrected chi connectivity index (χ3v) is 7.28. The SMILES string of the molecule is C=CC(=O)N1CCN(c2c(C#N)c(=O)n(-c3c(C(C)C)ccnc3C(C)C)c3nc(Cl)c(Cl)cc23)CC1. The summed E-state index contributed by atoms with van der Waals surface area (Å²) in [6, 6.07) is 5.68. The zero-order chi connectivity index (χ0) is 27.0. The number of carbonyl (C=O) groups is 1. The standard InChI is InChI=1S/C27H28Cl2N6O2/c1-6-21(36)33-9-11-34(12-10-33)23-18-13-20(28)25(29)32-26(18)35(27(37)19(23)14-30)24-17(15(2)3)7-8-31-22(24)16(4)5/h6-8,13,15-16H,1,9-12H2,2-5H3. The molecule has 3 aromatic rings. The summed E-state index contributed by atoms with van der Waals surface area (Å²) >= 11 is 12.8. The molecular formula is C27H28Cl2N6O2. The van der Waals surface area contributed by atoms with Crippen LogP contribution in [0.25, 0.3) is 16.7 Å². The highest BCUT2D eigenvalue weighted by atomic mass is 35.5. The maximum atomic E-state index is 14.1. The van der Waals surface area contributed by atoms with E-state index in [4.69, 9.17) is 23.2 Å². The Morgan fingerprint density at radius 2 is 1.81 bits per heavy atom. The molecule has 0 spiro atoms. The van der Waals surface area contributed by atoms with Gasteiger partial charge in [0.1, 0.15) is 16.8 Å². The average Bonchev–Trinajstić information content (AvgIpc) is 2.88. The molecule has 0 N–H and O–H groups in total. The van der Waals surface area contributed by atoms with E-state index in [9.17, 15) is 14.9 Å². The molecular weight excluding hydrogens is 511 g/mol. The molecule has 0 unspecified atom stereocenters. The summed E-state index contributed by atoms with van der Waals surface area (Å²) < 4.78 is 1.47. The van der Waals surface area contributed by atoms with Crippen LogP contribution >= 0.6 is 23.2 Å². The fraction of sp³-hybridized carbons (Fsp3) is 0.370. The van der Waals surface area contributed by atoms with Gasteiger partial charge in [0, 0.05) is 37.8 Å². The number of fused-ring (bicyclic) bond motifs is 1. The molecule has 0 radical (unpaired) electrons. The summed E-state index contributed by atoms with van der Waals surface area (Å²) in [5.74, 6) is -0.0871. The van der Waals surface area contributed by atoms with Crippen LogP contribution in [0.15, 0.2) is 35.8 Å². The van der Waals surface area contributed by atoms with Gasteiger partial charge < -0.3 is 9.80 Å². The molecule has 8 nitrogen and oxygen atoms in total. The van der Waals surface area contributed by atoms with Gasteiger partial charge in [-0.15, -0.1) is 0 Å². The molecule has 192 valence electrons. The number of halogens is 2. The summed E-state index contributed by atoms with van der Waals surface area (Å²) in [5.41, 5.74) is 2.45. The van der Waals surface area contributed by atoms with Gasteiger partial charge in [-0.2, -0.15) is 5.26 Å². The van der Waals surface area contributed by atoms with Gasteiger partial charge in [-0.1, -0.05) is 57.5 Å². The Morgan fingerprint density at radius 3 is 2.38 bits per heavy atom. The van der Waals surface area contributed by atoms with Crippen LogP contribution in [0, 0.1) is 11.3 Å². The van der Waals surface area contributed by atoms with Gasteiger partial charge in [-0.05, 0) is 35.6 Å². The fourth-order valence-corrected chi connectivity index (χ4v) is 5.07. The number of pyridine rings is 3. The van der Waals surface area contributed by atoms with Crippen LogP contribution < -0.4 is 10.5 Å². The Hall–Kier alpha value is -3.41. The monoisotopic (exact) mass is 538 g/mol. The second-order valence-electron chi connectivity index (χ2n) is 9.57. The summed E-state index contributed by atoms with van der Waals surface area (Å²) in [6.07, 6.45) is 3.02. The molecule has 4 rings (SSSR count). The normalized spacial score (nSPS) is 13.9. The second-order valence-corrected chi connectivity index (χ2v) is 10.3. The first-order valence-electron chi connectivity index (χ1n) is 12.1. The van der Waals surface area contributed by atoms with E-state index in [-0.39, 0.29) is 33.5 Å². The number of aromatic nitrogens is 3. The summed E-state index contributed by atoms with van der Waals surface area (Å²) in [6.45, 7) is 13.3. The molecule has 0 aliphatic carbocycles. The van der Waals surface area contributed by atoms with Gasteiger partial charge in [0.05, 0.1) is 22.1 Å². The number of hydrogen-bond donors (Lipinski definition) is 0. The lowest BCUT2D eigenvalue weighted by Crippen LogP contribution is -2.49. The lowest BCUT2D eigenvalue weighted by atomic mass is 9.96. The zero-order valence-corrected chi connectivity index (χ0v) is 22.8. The largest absolute Gasteiger partial charge is 0.366 e. The molecule has 1 saturated heterocycles. The minimum absolute atomic E-state index is 0.000825. The molecule has 1 amide bonds. The summed E-state index contributed by atoms with van der Waals surface area (Å²) in [7, 11) is 0. The first kappa shape index (κ1) is 26.6. The summed E-state index contributed by atoms with van der Waals surface area (Å²) in [4.78, 5) is 39.0. The molecule has 0 atom stereocenters.